The number of aryl methyl sites for hydroxylation is 1. The van der Waals surface area contributed by atoms with Gasteiger partial charge in [0.15, 0.2) is 6.61 Å². The summed E-state index contributed by atoms with van der Waals surface area (Å²) in [5, 5.41) is 12.3. The highest BCUT2D eigenvalue weighted by Crippen LogP contribution is 2.29. The molecule has 0 radical (unpaired) electrons. The monoisotopic (exact) mass is 381 g/mol. The predicted molar refractivity (Wildman–Crippen MR) is 92.6 cm³/mol. The van der Waals surface area contributed by atoms with E-state index in [1.165, 1.54) is 12.1 Å². The van der Waals surface area contributed by atoms with Crippen molar-refractivity contribution in [3.63, 3.8) is 0 Å². The molecule has 0 aliphatic rings. The highest BCUT2D eigenvalue weighted by atomic mass is 19.4. The second-order valence-electron chi connectivity index (χ2n) is 5.62. The smallest absolute Gasteiger partial charge is 0.416 e. The Hall–Kier alpha value is -3.03. The van der Waals surface area contributed by atoms with Crippen molar-refractivity contribution in [2.45, 2.75) is 25.6 Å². The van der Waals surface area contributed by atoms with Crippen LogP contribution < -0.4 is 4.74 Å². The Balaban J connectivity index is 1.68. The van der Waals surface area contributed by atoms with Crippen molar-refractivity contribution in [3.05, 3.63) is 65.2 Å². The molecule has 0 bridgehead atoms. The highest BCUT2D eigenvalue weighted by molar-refractivity contribution is 5.68. The van der Waals surface area contributed by atoms with Gasteiger partial charge >= 0.3 is 12.1 Å². The second-order valence-corrected chi connectivity index (χ2v) is 5.62. The van der Waals surface area contributed by atoms with E-state index in [2.05, 4.69) is 5.16 Å². The van der Waals surface area contributed by atoms with Crippen molar-refractivity contribution in [1.82, 2.24) is 0 Å². The molecule has 0 aliphatic heterocycles. The lowest BCUT2D eigenvalue weighted by Gasteiger charge is -2.07. The first-order valence-corrected chi connectivity index (χ1v) is 8.08. The van der Waals surface area contributed by atoms with Crippen LogP contribution >= 0.6 is 0 Å². The Morgan fingerprint density at radius 1 is 1.04 bits per heavy atom. The van der Waals surface area contributed by atoms with Crippen LogP contribution in [0.1, 0.15) is 23.1 Å². The Morgan fingerprint density at radius 2 is 1.67 bits per heavy atom. The molecule has 0 saturated carbocycles. The number of hydrogen-bond acceptors (Lipinski definition) is 4. The standard InChI is InChI=1S/C19H18F3NO4/c20-19(21,22)16-7-3-15(4-8-16)12-27-23-11-1-2-14-5-9-17(10-6-14)26-13-18(24)25/h3-11H,1-2,12-13H2,(H,24,25). The molecule has 144 valence electrons. The van der Waals surface area contributed by atoms with E-state index in [0.29, 0.717) is 24.2 Å². The Kier molecular flexibility index (Phi) is 7.22. The summed E-state index contributed by atoms with van der Waals surface area (Å²) in [4.78, 5) is 15.5. The lowest BCUT2D eigenvalue weighted by atomic mass is 10.1. The molecule has 2 aromatic rings. The van der Waals surface area contributed by atoms with Crippen LogP contribution in [0.5, 0.6) is 5.75 Å². The van der Waals surface area contributed by atoms with Crippen LogP contribution in [0.25, 0.3) is 0 Å². The number of ether oxygens (including phenoxy) is 1. The molecule has 5 nitrogen and oxygen atoms in total. The molecule has 0 atom stereocenters. The van der Waals surface area contributed by atoms with Gasteiger partial charge in [-0.25, -0.2) is 4.79 Å². The maximum absolute atomic E-state index is 12.5. The van der Waals surface area contributed by atoms with Gasteiger partial charge in [-0.1, -0.05) is 29.4 Å². The summed E-state index contributed by atoms with van der Waals surface area (Å²) in [6.07, 6.45) is -1.45. The van der Waals surface area contributed by atoms with Crippen LogP contribution in [0.3, 0.4) is 0 Å². The van der Waals surface area contributed by atoms with Gasteiger partial charge in [0.2, 0.25) is 0 Å². The number of carbonyl (C=O) groups is 1. The number of oxime groups is 1. The number of carboxylic acid groups (broad SMARTS) is 1. The molecule has 1 N–H and O–H groups in total. The molecule has 0 heterocycles. The van der Waals surface area contributed by atoms with Crippen molar-refractivity contribution >= 4 is 12.2 Å². The quantitative estimate of drug-likeness (QED) is 0.519. The molecular formula is C19H18F3NO4. The summed E-state index contributed by atoms with van der Waals surface area (Å²) in [5.74, 6) is -0.554. The van der Waals surface area contributed by atoms with Gasteiger partial charge in [-0.2, -0.15) is 13.2 Å². The summed E-state index contributed by atoms with van der Waals surface area (Å²) in [6.45, 7) is -0.299. The molecule has 0 amide bonds. The van der Waals surface area contributed by atoms with E-state index < -0.39 is 17.7 Å². The molecule has 0 aliphatic carbocycles. The van der Waals surface area contributed by atoms with E-state index in [-0.39, 0.29) is 13.2 Å². The van der Waals surface area contributed by atoms with Gasteiger partial charge in [0, 0.05) is 6.21 Å². The van der Waals surface area contributed by atoms with Crippen LogP contribution in [0.15, 0.2) is 53.7 Å². The molecule has 0 aromatic heterocycles. The average molecular weight is 381 g/mol. The summed E-state index contributed by atoms with van der Waals surface area (Å²) in [7, 11) is 0. The first-order valence-electron chi connectivity index (χ1n) is 8.08. The molecule has 0 fully saturated rings. The first-order chi connectivity index (χ1) is 12.8. The number of aliphatic carboxylic acids is 1. The average Bonchev–Trinajstić information content (AvgIpc) is 2.63. The van der Waals surface area contributed by atoms with E-state index in [4.69, 9.17) is 14.7 Å². The zero-order valence-corrected chi connectivity index (χ0v) is 14.3. The number of nitrogens with zero attached hydrogens (tertiary/aromatic N) is 1. The van der Waals surface area contributed by atoms with E-state index in [0.717, 1.165) is 17.7 Å². The third kappa shape index (κ3) is 7.39. The van der Waals surface area contributed by atoms with Gasteiger partial charge in [-0.15, -0.1) is 0 Å². The fourth-order valence-corrected chi connectivity index (χ4v) is 2.14. The van der Waals surface area contributed by atoms with E-state index >= 15 is 0 Å². The largest absolute Gasteiger partial charge is 0.482 e. The molecule has 0 unspecified atom stereocenters. The molecule has 2 rings (SSSR count). The summed E-state index contributed by atoms with van der Waals surface area (Å²) in [6, 6.07) is 11.8. The molecule has 27 heavy (non-hydrogen) atoms. The predicted octanol–water partition coefficient (Wildman–Crippen LogP) is 4.30. The number of hydrogen-bond donors (Lipinski definition) is 1. The number of rotatable bonds is 9. The Morgan fingerprint density at radius 3 is 2.26 bits per heavy atom. The minimum Gasteiger partial charge on any atom is -0.482 e. The Labute approximate surface area is 154 Å². The van der Waals surface area contributed by atoms with Crippen molar-refractivity contribution in [2.24, 2.45) is 5.16 Å². The lowest BCUT2D eigenvalue weighted by molar-refractivity contribution is -0.139. The minimum absolute atomic E-state index is 0.0875. The van der Waals surface area contributed by atoms with E-state index in [9.17, 15) is 18.0 Å². The third-order valence-corrected chi connectivity index (χ3v) is 3.51. The fourth-order valence-electron chi connectivity index (χ4n) is 2.14. The Bertz CT molecular complexity index is 756. The topological polar surface area (TPSA) is 68.1 Å². The first kappa shape index (κ1) is 20.3. The lowest BCUT2D eigenvalue weighted by Crippen LogP contribution is -2.09. The van der Waals surface area contributed by atoms with E-state index in [1.54, 1.807) is 18.3 Å². The third-order valence-electron chi connectivity index (χ3n) is 3.51. The SMILES string of the molecule is O=C(O)COc1ccc(CCC=NOCc2ccc(C(F)(F)F)cc2)cc1. The molecular weight excluding hydrogens is 363 g/mol. The van der Waals surface area contributed by atoms with E-state index in [1.807, 2.05) is 12.1 Å². The van der Waals surface area contributed by atoms with Gasteiger partial charge in [-0.05, 0) is 48.2 Å². The highest BCUT2D eigenvalue weighted by Gasteiger charge is 2.29. The number of halogens is 3. The van der Waals surface area contributed by atoms with Crippen LogP contribution in [0.4, 0.5) is 13.2 Å². The van der Waals surface area contributed by atoms with Gasteiger partial charge in [0.05, 0.1) is 5.56 Å². The van der Waals surface area contributed by atoms with Crippen molar-refractivity contribution in [3.8, 4) is 5.75 Å². The molecule has 8 heteroatoms. The molecule has 2 aromatic carbocycles. The minimum atomic E-state index is -4.35. The fraction of sp³-hybridized carbons (Fsp3) is 0.263. The van der Waals surface area contributed by atoms with Gasteiger partial charge < -0.3 is 14.7 Å². The van der Waals surface area contributed by atoms with Crippen molar-refractivity contribution in [2.75, 3.05) is 6.61 Å². The summed E-state index contributed by atoms with van der Waals surface area (Å²) >= 11 is 0. The van der Waals surface area contributed by atoms with Gasteiger partial charge in [0.1, 0.15) is 12.4 Å². The molecule has 0 saturated heterocycles. The van der Waals surface area contributed by atoms with Crippen LogP contribution in [0, 0.1) is 0 Å². The summed E-state index contributed by atoms with van der Waals surface area (Å²) < 4.78 is 42.4. The maximum Gasteiger partial charge on any atom is 0.416 e. The summed E-state index contributed by atoms with van der Waals surface area (Å²) in [5.41, 5.74) is 0.915. The normalized spacial score (nSPS) is 11.5. The zero-order valence-electron chi connectivity index (χ0n) is 14.3. The maximum atomic E-state index is 12.5. The van der Waals surface area contributed by atoms with Gasteiger partial charge in [0.25, 0.3) is 0 Å². The van der Waals surface area contributed by atoms with Gasteiger partial charge in [-0.3, -0.25) is 0 Å². The van der Waals surface area contributed by atoms with Crippen molar-refractivity contribution in [1.29, 1.82) is 0 Å². The van der Waals surface area contributed by atoms with Crippen LogP contribution in [-0.2, 0) is 28.8 Å². The number of alkyl halides is 3. The molecule has 0 spiro atoms. The number of benzene rings is 2. The van der Waals surface area contributed by atoms with Crippen LogP contribution in [-0.4, -0.2) is 23.9 Å². The second kappa shape index (κ2) is 9.61. The number of carboxylic acids is 1. The van der Waals surface area contributed by atoms with Crippen LogP contribution in [0.2, 0.25) is 0 Å². The zero-order chi connectivity index (χ0) is 19.7. The van der Waals surface area contributed by atoms with Crippen molar-refractivity contribution < 1.29 is 32.6 Å².